The van der Waals surface area contributed by atoms with Crippen molar-refractivity contribution >= 4 is 5.82 Å². The van der Waals surface area contributed by atoms with Crippen LogP contribution in [0.4, 0.5) is 5.82 Å². The number of hydrogen-bond donors (Lipinski definition) is 3. The van der Waals surface area contributed by atoms with Gasteiger partial charge in [0.15, 0.2) is 0 Å². The maximum atomic E-state index is 10.5. The maximum Gasteiger partial charge on any atom is 0.212 e. The highest BCUT2D eigenvalue weighted by atomic mass is 16.5. The van der Waals surface area contributed by atoms with E-state index >= 15 is 0 Å². The third-order valence-electron chi connectivity index (χ3n) is 5.77. The monoisotopic (exact) mass is 400 g/mol. The lowest BCUT2D eigenvalue weighted by molar-refractivity contribution is 0.0297. The van der Waals surface area contributed by atoms with Crippen molar-refractivity contribution in [1.29, 1.82) is 0 Å². The van der Waals surface area contributed by atoms with Gasteiger partial charge < -0.3 is 29.9 Å². The van der Waals surface area contributed by atoms with Gasteiger partial charge in [0.2, 0.25) is 5.88 Å². The van der Waals surface area contributed by atoms with Gasteiger partial charge in [0.1, 0.15) is 5.82 Å². The van der Waals surface area contributed by atoms with Crippen LogP contribution < -0.4 is 15.0 Å². The highest BCUT2D eigenvalue weighted by Gasteiger charge is 2.42. The molecule has 1 saturated carbocycles. The molecule has 0 radical (unpaired) electrons. The van der Waals surface area contributed by atoms with Crippen molar-refractivity contribution in [3.05, 3.63) is 47.8 Å². The summed E-state index contributed by atoms with van der Waals surface area (Å²) in [4.78, 5) is 11.0. The Balaban J connectivity index is 1.44. The van der Waals surface area contributed by atoms with E-state index in [0.717, 1.165) is 43.2 Å². The Labute approximate surface area is 170 Å². The van der Waals surface area contributed by atoms with Crippen molar-refractivity contribution in [2.45, 2.75) is 37.1 Å². The number of ether oxygens (including phenoxy) is 2. The van der Waals surface area contributed by atoms with Gasteiger partial charge in [-0.15, -0.1) is 0 Å². The second-order valence-corrected chi connectivity index (χ2v) is 7.56. The molecular formula is C21H28N4O4. The van der Waals surface area contributed by atoms with E-state index in [0.29, 0.717) is 18.8 Å². The lowest BCUT2D eigenvalue weighted by Crippen LogP contribution is -2.42. The second-order valence-electron chi connectivity index (χ2n) is 7.56. The molecule has 8 nitrogen and oxygen atoms in total. The van der Waals surface area contributed by atoms with Crippen LogP contribution in [0.3, 0.4) is 0 Å². The Bertz CT molecular complexity index is 780. The zero-order valence-corrected chi connectivity index (χ0v) is 16.6. The van der Waals surface area contributed by atoms with Gasteiger partial charge in [0, 0.05) is 50.1 Å². The maximum absolute atomic E-state index is 10.5. The van der Waals surface area contributed by atoms with Crippen molar-refractivity contribution < 1.29 is 19.7 Å². The molecule has 1 aliphatic carbocycles. The van der Waals surface area contributed by atoms with Gasteiger partial charge >= 0.3 is 0 Å². The minimum atomic E-state index is -0.829. The molecule has 0 amide bonds. The molecule has 0 bridgehead atoms. The first-order valence-electron chi connectivity index (χ1n) is 10.0. The summed E-state index contributed by atoms with van der Waals surface area (Å²) in [5, 5.41) is 24.2. The SMILES string of the molecule is COc1ccc(CN[C@H]2[C@H](O)[C@H](O)C[C@@H]2c2ccc(N3CCOCC3)nc2)cn1. The molecule has 0 unspecified atom stereocenters. The van der Waals surface area contributed by atoms with E-state index in [9.17, 15) is 10.2 Å². The lowest BCUT2D eigenvalue weighted by atomic mass is 9.94. The molecule has 2 aliphatic rings. The summed E-state index contributed by atoms with van der Waals surface area (Å²) in [6.45, 7) is 3.66. The van der Waals surface area contributed by atoms with Crippen LogP contribution >= 0.6 is 0 Å². The Kier molecular flexibility index (Phi) is 6.25. The minimum absolute atomic E-state index is 0.0163. The second kappa shape index (κ2) is 9.04. The van der Waals surface area contributed by atoms with Gasteiger partial charge in [-0.05, 0) is 23.6 Å². The molecule has 0 aromatic carbocycles. The molecule has 156 valence electrons. The normalized spacial score (nSPS) is 27.2. The van der Waals surface area contributed by atoms with E-state index in [-0.39, 0.29) is 12.0 Å². The molecule has 0 spiro atoms. The van der Waals surface area contributed by atoms with Crippen LogP contribution in [0.5, 0.6) is 5.88 Å². The molecule has 4 rings (SSSR count). The van der Waals surface area contributed by atoms with E-state index < -0.39 is 12.2 Å². The fourth-order valence-electron chi connectivity index (χ4n) is 4.10. The predicted octanol–water partition coefficient (Wildman–Crippen LogP) is 0.689. The smallest absolute Gasteiger partial charge is 0.212 e. The first kappa shape index (κ1) is 20.0. The fourth-order valence-corrected chi connectivity index (χ4v) is 4.10. The highest BCUT2D eigenvalue weighted by molar-refractivity contribution is 5.41. The highest BCUT2D eigenvalue weighted by Crippen LogP contribution is 2.35. The fraction of sp³-hybridized carbons (Fsp3) is 0.524. The molecule has 3 heterocycles. The quantitative estimate of drug-likeness (QED) is 0.651. The summed E-state index contributed by atoms with van der Waals surface area (Å²) in [6, 6.07) is 7.55. The summed E-state index contributed by atoms with van der Waals surface area (Å²) in [6.07, 6.45) is 2.52. The van der Waals surface area contributed by atoms with E-state index in [2.05, 4.69) is 26.3 Å². The zero-order chi connectivity index (χ0) is 20.2. The molecule has 1 saturated heterocycles. The molecule has 3 N–H and O–H groups in total. The molecule has 1 aliphatic heterocycles. The number of hydrogen-bond acceptors (Lipinski definition) is 8. The predicted molar refractivity (Wildman–Crippen MR) is 108 cm³/mol. The summed E-state index contributed by atoms with van der Waals surface area (Å²) >= 11 is 0. The van der Waals surface area contributed by atoms with Gasteiger partial charge in [-0.25, -0.2) is 9.97 Å². The molecular weight excluding hydrogens is 372 g/mol. The first-order chi connectivity index (χ1) is 14.2. The van der Waals surface area contributed by atoms with Gasteiger partial charge in [0.25, 0.3) is 0 Å². The van der Waals surface area contributed by atoms with Crippen LogP contribution in [-0.4, -0.2) is 71.8 Å². The van der Waals surface area contributed by atoms with Gasteiger partial charge in [-0.2, -0.15) is 0 Å². The largest absolute Gasteiger partial charge is 0.481 e. The molecule has 29 heavy (non-hydrogen) atoms. The van der Waals surface area contributed by atoms with Crippen LogP contribution in [-0.2, 0) is 11.3 Å². The number of rotatable bonds is 6. The number of nitrogens with one attached hydrogen (secondary N) is 1. The Hall–Kier alpha value is -2.26. The summed E-state index contributed by atoms with van der Waals surface area (Å²) < 4.78 is 10.5. The van der Waals surface area contributed by atoms with Gasteiger partial charge in [0.05, 0.1) is 32.5 Å². The average Bonchev–Trinajstić information content (AvgIpc) is 3.07. The van der Waals surface area contributed by atoms with Crippen molar-refractivity contribution in [3.8, 4) is 5.88 Å². The van der Waals surface area contributed by atoms with Crippen molar-refractivity contribution in [3.63, 3.8) is 0 Å². The number of methoxy groups -OCH3 is 1. The van der Waals surface area contributed by atoms with E-state index in [1.165, 1.54) is 0 Å². The van der Waals surface area contributed by atoms with Crippen LogP contribution in [0.15, 0.2) is 36.7 Å². The van der Waals surface area contributed by atoms with Crippen molar-refractivity contribution in [1.82, 2.24) is 15.3 Å². The Morgan fingerprint density at radius 1 is 1.14 bits per heavy atom. The number of anilines is 1. The molecule has 2 aromatic heterocycles. The van der Waals surface area contributed by atoms with Gasteiger partial charge in [-0.1, -0.05) is 12.1 Å². The third kappa shape index (κ3) is 4.51. The lowest BCUT2D eigenvalue weighted by Gasteiger charge is -2.28. The van der Waals surface area contributed by atoms with Crippen molar-refractivity contribution in [2.24, 2.45) is 0 Å². The average molecular weight is 400 g/mol. The zero-order valence-electron chi connectivity index (χ0n) is 16.6. The van der Waals surface area contributed by atoms with E-state index in [1.807, 2.05) is 24.4 Å². The standard InChI is InChI=1S/C21H28N4O4/c1-28-19-5-2-14(11-23-19)12-24-20-16(10-17(26)21(20)27)15-3-4-18(22-13-15)25-6-8-29-9-7-25/h2-5,11,13,16-17,20-21,24,26-27H,6-10,12H2,1H3/t16-,17-,20-,21-/m1/s1. The first-order valence-corrected chi connectivity index (χ1v) is 10.0. The number of morpholine rings is 1. The van der Waals surface area contributed by atoms with E-state index in [4.69, 9.17) is 9.47 Å². The molecule has 8 heteroatoms. The summed E-state index contributed by atoms with van der Waals surface area (Å²) in [5.41, 5.74) is 2.00. The number of aliphatic hydroxyl groups is 2. The molecule has 2 aromatic rings. The van der Waals surface area contributed by atoms with Crippen LogP contribution in [0.1, 0.15) is 23.5 Å². The number of pyridine rings is 2. The van der Waals surface area contributed by atoms with Crippen LogP contribution in [0, 0.1) is 0 Å². The summed E-state index contributed by atoms with van der Waals surface area (Å²) in [7, 11) is 1.58. The Morgan fingerprint density at radius 2 is 1.97 bits per heavy atom. The Morgan fingerprint density at radius 3 is 2.62 bits per heavy atom. The number of nitrogens with zero attached hydrogens (tertiary/aromatic N) is 3. The number of aliphatic hydroxyl groups excluding tert-OH is 2. The van der Waals surface area contributed by atoms with E-state index in [1.54, 1.807) is 13.3 Å². The minimum Gasteiger partial charge on any atom is -0.481 e. The third-order valence-corrected chi connectivity index (χ3v) is 5.77. The molecule has 2 fully saturated rings. The van der Waals surface area contributed by atoms with Gasteiger partial charge in [-0.3, -0.25) is 0 Å². The van der Waals surface area contributed by atoms with Crippen LogP contribution in [0.25, 0.3) is 0 Å². The molecule has 4 atom stereocenters. The topological polar surface area (TPSA) is 100.0 Å². The summed E-state index contributed by atoms with van der Waals surface area (Å²) in [5.74, 6) is 1.48. The number of aromatic nitrogens is 2. The van der Waals surface area contributed by atoms with Crippen molar-refractivity contribution in [2.75, 3.05) is 38.3 Å². The van der Waals surface area contributed by atoms with Crippen LogP contribution in [0.2, 0.25) is 0 Å².